The van der Waals surface area contributed by atoms with Gasteiger partial charge in [-0.05, 0) is 54.4 Å². The molecule has 0 spiro atoms. The van der Waals surface area contributed by atoms with Crippen molar-refractivity contribution in [1.82, 2.24) is 5.32 Å². The van der Waals surface area contributed by atoms with Crippen LogP contribution in [-0.4, -0.2) is 23.4 Å². The highest BCUT2D eigenvalue weighted by Crippen LogP contribution is 2.33. The summed E-state index contributed by atoms with van der Waals surface area (Å²) in [5.41, 5.74) is -0.626. The molecule has 1 fully saturated rings. The van der Waals surface area contributed by atoms with Crippen LogP contribution in [0.25, 0.3) is 0 Å². The first-order valence-corrected chi connectivity index (χ1v) is 7.18. The SMILES string of the molecule is CCC1C(=O)NC(C)(C)C(=O)N1c1cc(F)ccc1Br. The van der Waals surface area contributed by atoms with Crippen molar-refractivity contribution < 1.29 is 14.0 Å². The van der Waals surface area contributed by atoms with Gasteiger partial charge in [0.05, 0.1) is 5.69 Å². The number of anilines is 1. The maximum Gasteiger partial charge on any atom is 0.252 e. The molecule has 1 aliphatic heterocycles. The van der Waals surface area contributed by atoms with Gasteiger partial charge < -0.3 is 5.32 Å². The molecule has 1 aromatic carbocycles. The number of hydrogen-bond acceptors (Lipinski definition) is 2. The Morgan fingerprint density at radius 3 is 2.65 bits per heavy atom. The first-order valence-electron chi connectivity index (χ1n) is 6.38. The lowest BCUT2D eigenvalue weighted by Crippen LogP contribution is -2.68. The minimum atomic E-state index is -1.01. The smallest absolute Gasteiger partial charge is 0.252 e. The van der Waals surface area contributed by atoms with Crippen molar-refractivity contribution in [2.75, 3.05) is 4.90 Å². The van der Waals surface area contributed by atoms with E-state index < -0.39 is 17.4 Å². The zero-order valence-corrected chi connectivity index (χ0v) is 13.1. The van der Waals surface area contributed by atoms with Gasteiger partial charge in [-0.2, -0.15) is 0 Å². The van der Waals surface area contributed by atoms with Crippen LogP contribution in [0.3, 0.4) is 0 Å². The molecule has 0 aromatic heterocycles. The van der Waals surface area contributed by atoms with Crippen molar-refractivity contribution in [2.24, 2.45) is 0 Å². The van der Waals surface area contributed by atoms with Crippen LogP contribution in [0.15, 0.2) is 22.7 Å². The summed E-state index contributed by atoms with van der Waals surface area (Å²) in [5.74, 6) is -0.932. The first-order chi connectivity index (χ1) is 9.27. The van der Waals surface area contributed by atoms with E-state index in [9.17, 15) is 14.0 Å². The summed E-state index contributed by atoms with van der Waals surface area (Å²) in [4.78, 5) is 26.1. The second-order valence-corrected chi connectivity index (χ2v) is 6.16. The highest BCUT2D eigenvalue weighted by molar-refractivity contribution is 9.10. The number of nitrogens with zero attached hydrogens (tertiary/aromatic N) is 1. The molecule has 1 unspecified atom stereocenters. The maximum atomic E-state index is 13.5. The Balaban J connectivity index is 2.57. The number of piperazine rings is 1. The number of hydrogen-bond donors (Lipinski definition) is 1. The van der Waals surface area contributed by atoms with Gasteiger partial charge in [-0.15, -0.1) is 0 Å². The Hall–Kier alpha value is -1.43. The van der Waals surface area contributed by atoms with Crippen molar-refractivity contribution in [3.05, 3.63) is 28.5 Å². The van der Waals surface area contributed by atoms with Crippen molar-refractivity contribution in [2.45, 2.75) is 38.8 Å². The van der Waals surface area contributed by atoms with E-state index in [1.807, 2.05) is 6.92 Å². The molecular weight excluding hydrogens is 327 g/mol. The van der Waals surface area contributed by atoms with Crippen LogP contribution in [-0.2, 0) is 9.59 Å². The number of nitrogens with one attached hydrogen (secondary N) is 1. The summed E-state index contributed by atoms with van der Waals surface area (Å²) in [5, 5.41) is 2.70. The van der Waals surface area contributed by atoms with E-state index in [-0.39, 0.29) is 11.8 Å². The van der Waals surface area contributed by atoms with Crippen molar-refractivity contribution in [1.29, 1.82) is 0 Å². The standard InChI is InChI=1S/C14H16BrFN2O2/c1-4-10-12(19)17-14(2,3)13(20)18(10)11-7-8(16)5-6-9(11)15/h5-7,10H,4H2,1-3H3,(H,17,19). The van der Waals surface area contributed by atoms with Gasteiger partial charge >= 0.3 is 0 Å². The molecule has 0 radical (unpaired) electrons. The van der Waals surface area contributed by atoms with Gasteiger partial charge in [0.15, 0.2) is 0 Å². The molecule has 1 N–H and O–H groups in total. The molecule has 1 heterocycles. The van der Waals surface area contributed by atoms with Crippen LogP contribution in [0.2, 0.25) is 0 Å². The fourth-order valence-corrected chi connectivity index (χ4v) is 2.76. The Morgan fingerprint density at radius 1 is 1.40 bits per heavy atom. The summed E-state index contributed by atoms with van der Waals surface area (Å²) >= 11 is 3.32. The lowest BCUT2D eigenvalue weighted by molar-refractivity contribution is -0.137. The quantitative estimate of drug-likeness (QED) is 0.898. The first kappa shape index (κ1) is 15.0. The second-order valence-electron chi connectivity index (χ2n) is 5.31. The van der Waals surface area contributed by atoms with Crippen LogP contribution < -0.4 is 10.2 Å². The van der Waals surface area contributed by atoms with Crippen LogP contribution in [0.1, 0.15) is 27.2 Å². The number of carbonyl (C=O) groups is 2. The third-order valence-electron chi connectivity index (χ3n) is 3.36. The molecule has 1 aliphatic rings. The molecule has 1 saturated heterocycles. The van der Waals surface area contributed by atoms with Gasteiger partial charge in [-0.3, -0.25) is 14.5 Å². The Kier molecular flexibility index (Phi) is 3.86. The van der Waals surface area contributed by atoms with Crippen LogP contribution >= 0.6 is 15.9 Å². The molecule has 2 amide bonds. The van der Waals surface area contributed by atoms with E-state index in [2.05, 4.69) is 21.2 Å². The zero-order valence-electron chi connectivity index (χ0n) is 11.5. The van der Waals surface area contributed by atoms with Gasteiger partial charge in [0, 0.05) is 4.47 Å². The second kappa shape index (κ2) is 5.16. The lowest BCUT2D eigenvalue weighted by atomic mass is 9.95. The molecule has 1 aromatic rings. The summed E-state index contributed by atoms with van der Waals surface area (Å²) < 4.78 is 14.1. The molecular formula is C14H16BrFN2O2. The molecule has 0 saturated carbocycles. The summed E-state index contributed by atoms with van der Waals surface area (Å²) in [7, 11) is 0. The fourth-order valence-electron chi connectivity index (χ4n) is 2.32. The van der Waals surface area contributed by atoms with Gasteiger partial charge in [-0.1, -0.05) is 6.92 Å². The molecule has 2 rings (SSSR count). The highest BCUT2D eigenvalue weighted by atomic mass is 79.9. The normalized spacial score (nSPS) is 21.9. The van der Waals surface area contributed by atoms with Crippen molar-refractivity contribution in [3.63, 3.8) is 0 Å². The predicted molar refractivity (Wildman–Crippen MR) is 77.9 cm³/mol. The topological polar surface area (TPSA) is 49.4 Å². The van der Waals surface area contributed by atoms with E-state index in [1.54, 1.807) is 13.8 Å². The van der Waals surface area contributed by atoms with Crippen LogP contribution in [0.4, 0.5) is 10.1 Å². The van der Waals surface area contributed by atoms with E-state index in [0.717, 1.165) is 0 Å². The molecule has 108 valence electrons. The number of carbonyl (C=O) groups excluding carboxylic acids is 2. The van der Waals surface area contributed by atoms with Gasteiger partial charge in [0.1, 0.15) is 17.4 Å². The summed E-state index contributed by atoms with van der Waals surface area (Å²) in [6.45, 7) is 5.09. The Labute approximate surface area is 125 Å². The Bertz CT molecular complexity index is 574. The average molecular weight is 343 g/mol. The van der Waals surface area contributed by atoms with Crippen LogP contribution in [0.5, 0.6) is 0 Å². The summed E-state index contributed by atoms with van der Waals surface area (Å²) in [6.07, 6.45) is 0.455. The molecule has 0 aliphatic carbocycles. The minimum absolute atomic E-state index is 0.228. The zero-order chi connectivity index (χ0) is 15.1. The van der Waals surface area contributed by atoms with Crippen molar-refractivity contribution in [3.8, 4) is 0 Å². The van der Waals surface area contributed by atoms with E-state index in [0.29, 0.717) is 16.6 Å². The van der Waals surface area contributed by atoms with Gasteiger partial charge in [-0.25, -0.2) is 4.39 Å². The third-order valence-corrected chi connectivity index (χ3v) is 4.03. The maximum absolute atomic E-state index is 13.5. The minimum Gasteiger partial charge on any atom is -0.340 e. The number of amides is 2. The molecule has 4 nitrogen and oxygen atoms in total. The number of benzene rings is 1. The third kappa shape index (κ3) is 2.44. The highest BCUT2D eigenvalue weighted by Gasteiger charge is 2.45. The molecule has 6 heteroatoms. The monoisotopic (exact) mass is 342 g/mol. The Morgan fingerprint density at radius 2 is 2.05 bits per heavy atom. The lowest BCUT2D eigenvalue weighted by Gasteiger charge is -2.42. The van der Waals surface area contributed by atoms with Gasteiger partial charge in [0.25, 0.3) is 5.91 Å². The predicted octanol–water partition coefficient (Wildman–Crippen LogP) is 2.61. The molecule has 1 atom stereocenters. The fraction of sp³-hybridized carbons (Fsp3) is 0.429. The largest absolute Gasteiger partial charge is 0.340 e. The van der Waals surface area contributed by atoms with Crippen molar-refractivity contribution >= 4 is 33.4 Å². The van der Waals surface area contributed by atoms with Crippen LogP contribution in [0, 0.1) is 5.82 Å². The average Bonchev–Trinajstić information content (AvgIpc) is 2.36. The number of rotatable bonds is 2. The molecule has 20 heavy (non-hydrogen) atoms. The summed E-state index contributed by atoms with van der Waals surface area (Å²) in [6, 6.07) is 3.46. The van der Waals surface area contributed by atoms with E-state index in [1.165, 1.54) is 23.1 Å². The van der Waals surface area contributed by atoms with E-state index >= 15 is 0 Å². The van der Waals surface area contributed by atoms with E-state index in [4.69, 9.17) is 0 Å². The van der Waals surface area contributed by atoms with Gasteiger partial charge in [0.2, 0.25) is 5.91 Å². The molecule has 0 bridgehead atoms. The number of halogens is 2.